The maximum atomic E-state index is 12.2. The van der Waals surface area contributed by atoms with Gasteiger partial charge in [0.1, 0.15) is 0 Å². The first kappa shape index (κ1) is 14.3. The predicted octanol–water partition coefficient (Wildman–Crippen LogP) is 2.88. The van der Waals surface area contributed by atoms with E-state index >= 15 is 0 Å². The molecule has 2 aromatic rings. The molecule has 0 aromatic carbocycles. The molecule has 0 fully saturated rings. The molecule has 2 rings (SSSR count). The van der Waals surface area contributed by atoms with Gasteiger partial charge in [-0.05, 0) is 0 Å². The maximum absolute atomic E-state index is 12.2. The van der Waals surface area contributed by atoms with Gasteiger partial charge in [-0.2, -0.15) is 0 Å². The van der Waals surface area contributed by atoms with E-state index in [0.717, 1.165) is 11.4 Å². The number of aryl methyl sites for hydroxylation is 2. The van der Waals surface area contributed by atoms with E-state index < -0.39 is 5.60 Å². The van der Waals surface area contributed by atoms with E-state index in [1.54, 1.807) is 4.57 Å². The van der Waals surface area contributed by atoms with Crippen molar-refractivity contribution in [1.29, 1.82) is 0 Å². The van der Waals surface area contributed by atoms with Crippen molar-refractivity contribution in [2.45, 2.75) is 40.2 Å². The van der Waals surface area contributed by atoms with Crippen LogP contribution < -0.4 is 0 Å². The van der Waals surface area contributed by atoms with Crippen molar-refractivity contribution in [3.63, 3.8) is 0 Å². The first-order chi connectivity index (χ1) is 8.20. The first-order valence-electron chi connectivity index (χ1n) is 5.55. The van der Waals surface area contributed by atoms with Crippen LogP contribution in [0.2, 0.25) is 0 Å². The van der Waals surface area contributed by atoms with Gasteiger partial charge in [0.2, 0.25) is 0 Å². The van der Waals surface area contributed by atoms with Crippen LogP contribution in [-0.2, 0) is 4.74 Å². The molecule has 2 heterocycles. The van der Waals surface area contributed by atoms with Crippen LogP contribution in [-0.4, -0.2) is 45.3 Å². The van der Waals surface area contributed by atoms with E-state index in [1.807, 2.05) is 34.6 Å². The van der Waals surface area contributed by atoms with Gasteiger partial charge in [0.05, 0.1) is 0 Å². The number of hydrogen-bond donors (Lipinski definition) is 0. The first-order valence-corrected chi connectivity index (χ1v) is 9.39. The molecule has 0 N–H and O–H groups in total. The molecule has 0 aliphatic heterocycles. The van der Waals surface area contributed by atoms with Gasteiger partial charge in [-0.25, -0.2) is 0 Å². The molecule has 98 valence electrons. The van der Waals surface area contributed by atoms with E-state index in [-0.39, 0.29) is 35.1 Å². The van der Waals surface area contributed by atoms with Crippen LogP contribution >= 0.6 is 12.2 Å². The van der Waals surface area contributed by atoms with Crippen LogP contribution in [0.25, 0.3) is 8.52 Å². The average Bonchev–Trinajstić information content (AvgIpc) is 2.65. The molecule has 2 aromatic heterocycles. The van der Waals surface area contributed by atoms with Crippen molar-refractivity contribution >= 4 is 55.8 Å². The minimum absolute atomic E-state index is 0.257. The van der Waals surface area contributed by atoms with E-state index in [9.17, 15) is 4.79 Å². The number of carbonyl (C=O) groups excluding carboxylic acids is 1. The fourth-order valence-corrected chi connectivity index (χ4v) is 8.64. The van der Waals surface area contributed by atoms with Crippen LogP contribution in [0.5, 0.6) is 0 Å². The summed E-state index contributed by atoms with van der Waals surface area (Å²) in [6.45, 7) is 9.63. The number of fused-ring (bicyclic) bond motifs is 1. The Bertz CT molecular complexity index is 632. The second kappa shape index (κ2) is 4.77. The summed E-state index contributed by atoms with van der Waals surface area (Å²) in [5.41, 5.74) is 1.56. The predicted molar refractivity (Wildman–Crippen MR) is 77.8 cm³/mol. The Hall–Kier alpha value is -0.121. The summed E-state index contributed by atoms with van der Waals surface area (Å²) in [6, 6.07) is 0. The molecule has 0 atom stereocenters. The van der Waals surface area contributed by atoms with Crippen LogP contribution in [0.4, 0.5) is 4.79 Å². The summed E-state index contributed by atoms with van der Waals surface area (Å²) < 4.78 is 11.0. The number of nitrogens with zero attached hydrogens (tertiary/aromatic N) is 1. The van der Waals surface area contributed by atoms with Gasteiger partial charge >= 0.3 is 124 Å². The van der Waals surface area contributed by atoms with E-state index in [4.69, 9.17) is 17.0 Å². The molecule has 0 unspecified atom stereocenters. The molecule has 0 spiro atoms. The number of carbonyl (C=O) groups is 1. The molecular weight excluding hydrogens is 380 g/mol. The van der Waals surface area contributed by atoms with Crippen molar-refractivity contribution in [2.75, 3.05) is 0 Å². The number of hydrogen-bond acceptors (Lipinski definition) is 3. The number of ether oxygens (including phenoxy) is 1. The zero-order valence-electron chi connectivity index (χ0n) is 11.0. The Kier molecular flexibility index (Phi) is 3.78. The van der Waals surface area contributed by atoms with Crippen molar-refractivity contribution in [1.82, 2.24) is 4.57 Å². The van der Waals surface area contributed by atoms with Crippen LogP contribution in [0, 0.1) is 16.1 Å². The SMILES string of the molecule is Cc1c2[se]c(=S)[se]c2c(C)n1C(=O)OC(C)(C)C. The van der Waals surface area contributed by atoms with Gasteiger partial charge in [-0.15, -0.1) is 0 Å². The zero-order chi connectivity index (χ0) is 13.7. The topological polar surface area (TPSA) is 31.2 Å². The van der Waals surface area contributed by atoms with Crippen LogP contribution in [0.3, 0.4) is 0 Å². The van der Waals surface area contributed by atoms with E-state index in [1.165, 1.54) is 10.8 Å². The van der Waals surface area contributed by atoms with Gasteiger partial charge < -0.3 is 0 Å². The van der Waals surface area contributed by atoms with Gasteiger partial charge in [0.25, 0.3) is 0 Å². The van der Waals surface area contributed by atoms with Gasteiger partial charge in [0.15, 0.2) is 0 Å². The quantitative estimate of drug-likeness (QED) is 0.508. The Morgan fingerprint density at radius 3 is 2.00 bits per heavy atom. The average molecular weight is 395 g/mol. The minimum atomic E-state index is -0.462. The molecule has 0 amide bonds. The number of aromatic nitrogens is 1. The van der Waals surface area contributed by atoms with Crippen molar-refractivity contribution < 1.29 is 9.53 Å². The normalized spacial score (nSPS) is 12.1. The fourth-order valence-electron chi connectivity index (χ4n) is 1.79. The van der Waals surface area contributed by atoms with Crippen LogP contribution in [0.15, 0.2) is 0 Å². The molecule has 3 nitrogen and oxygen atoms in total. The third-order valence-electron chi connectivity index (χ3n) is 2.48. The molecule has 6 heteroatoms. The Morgan fingerprint density at radius 1 is 1.17 bits per heavy atom. The number of rotatable bonds is 0. The van der Waals surface area contributed by atoms with Crippen molar-refractivity contribution in [3.05, 3.63) is 13.6 Å². The molecule has 0 saturated carbocycles. The molecule has 0 radical (unpaired) electrons. The fraction of sp³-hybridized carbons (Fsp3) is 0.500. The standard InChI is InChI=1S/C12H15NO2SSe2/c1-6-8-9(18-11(16)17-8)7(2)13(6)10(14)15-12(3,4)5/h1-5H3. The monoisotopic (exact) mass is 397 g/mol. The molecular formula is C12H15NO2SSe2. The zero-order valence-corrected chi connectivity index (χ0v) is 15.2. The van der Waals surface area contributed by atoms with Gasteiger partial charge in [0, 0.05) is 0 Å². The summed E-state index contributed by atoms with van der Waals surface area (Å²) in [5.74, 6) is 0. The van der Waals surface area contributed by atoms with Gasteiger partial charge in [-0.3, -0.25) is 0 Å². The van der Waals surface area contributed by atoms with E-state index in [2.05, 4.69) is 0 Å². The van der Waals surface area contributed by atoms with Crippen molar-refractivity contribution in [2.24, 2.45) is 0 Å². The van der Waals surface area contributed by atoms with E-state index in [0.29, 0.717) is 0 Å². The summed E-state index contributed by atoms with van der Waals surface area (Å²) in [4.78, 5) is 12.2. The second-order valence-corrected chi connectivity index (χ2v) is 12.3. The van der Waals surface area contributed by atoms with Crippen molar-refractivity contribution in [3.8, 4) is 0 Å². The summed E-state index contributed by atoms with van der Waals surface area (Å²) in [6.07, 6.45) is -0.274. The molecule has 0 saturated heterocycles. The molecule has 0 aliphatic rings. The molecule has 0 bridgehead atoms. The van der Waals surface area contributed by atoms with Gasteiger partial charge in [-0.1, -0.05) is 0 Å². The summed E-state index contributed by atoms with van der Waals surface area (Å²) in [7, 11) is 0. The Labute approximate surface area is 123 Å². The molecule has 0 aliphatic carbocycles. The molecule has 18 heavy (non-hydrogen) atoms. The van der Waals surface area contributed by atoms with Crippen LogP contribution in [0.1, 0.15) is 32.2 Å². The second-order valence-electron chi connectivity index (χ2n) is 5.10. The Balaban J connectivity index is 2.55. The summed E-state index contributed by atoms with van der Waals surface area (Å²) >= 11 is 5.84. The third kappa shape index (κ3) is 2.58. The third-order valence-corrected chi connectivity index (χ3v) is 9.47. The summed E-state index contributed by atoms with van der Waals surface area (Å²) in [5, 5.41) is 0. The Morgan fingerprint density at radius 2 is 1.61 bits per heavy atom.